The molecule has 2 aromatic heterocycles. The molecule has 8 aromatic carbocycles. The van der Waals surface area contributed by atoms with Gasteiger partial charge < -0.3 is 8.83 Å². The lowest BCUT2D eigenvalue weighted by Gasteiger charge is -2.45. The zero-order valence-corrected chi connectivity index (χ0v) is 35.7. The number of anilines is 6. The van der Waals surface area contributed by atoms with Crippen molar-refractivity contribution in [3.05, 3.63) is 285 Å². The molecule has 0 spiro atoms. The number of aryl methyl sites for hydroxylation is 1. The fraction of sp³-hybridized carbons (Fsp3) is 0.0508. The fourth-order valence-electron chi connectivity index (χ4n) is 10.5. The second kappa shape index (κ2) is 15.1. The minimum Gasteiger partial charge on any atom is -0.424 e. The summed E-state index contributed by atoms with van der Waals surface area (Å²) in [4.78, 5) is 14.6. The predicted molar refractivity (Wildman–Crippen MR) is 259 cm³/mol. The molecule has 0 radical (unpaired) electrons. The molecule has 2 aliphatic heterocycles. The summed E-state index contributed by atoms with van der Waals surface area (Å²) >= 11 is 0. The predicted octanol–water partition coefficient (Wildman–Crippen LogP) is 12.5. The summed E-state index contributed by atoms with van der Waals surface area (Å²) in [5.74, 6) is 0.564. The van der Waals surface area contributed by atoms with E-state index in [9.17, 15) is 0 Å². The Bertz CT molecular complexity index is 3310. The zero-order chi connectivity index (χ0) is 43.5. The maximum absolute atomic E-state index is 6.83. The highest BCUT2D eigenvalue weighted by molar-refractivity contribution is 5.89. The third kappa shape index (κ3) is 5.67. The first-order valence-electron chi connectivity index (χ1n) is 21.9. The van der Waals surface area contributed by atoms with E-state index >= 15 is 0 Å². The van der Waals surface area contributed by atoms with Crippen molar-refractivity contribution < 1.29 is 8.83 Å². The molecule has 0 N–H and O–H groups in total. The molecule has 0 saturated heterocycles. The molecule has 4 heterocycles. The molecular formula is C59H42N4O2. The third-order valence-electron chi connectivity index (χ3n) is 13.2. The van der Waals surface area contributed by atoms with E-state index in [1.807, 2.05) is 13.0 Å². The van der Waals surface area contributed by atoms with Crippen LogP contribution in [0.4, 0.5) is 34.8 Å². The Labute approximate surface area is 377 Å². The van der Waals surface area contributed by atoms with Crippen LogP contribution in [0, 0.1) is 6.92 Å². The first-order valence-corrected chi connectivity index (χ1v) is 21.9. The Kier molecular flexibility index (Phi) is 8.88. The standard InChI is InChI=1S/C59H42N4O2/c1-40-55(65-56(60-40)62-51-35-19-15-31-46(51)58(42-23-7-3-8-24-42,43-25-9-4-10-26-43)47-32-16-20-36-52(47)62)39-50-41(2)64-57(61-50)63-53-37-21-17-33-48(53)59(44-27-11-5-12-28-44,45-29-13-6-14-30-45)49-34-18-22-38-54(49)63/h3-39H,2H2,1H3/b50-39+. The molecule has 310 valence electrons. The third-order valence-corrected chi connectivity index (χ3v) is 13.2. The largest absolute Gasteiger partial charge is 0.424 e. The number of nitrogens with zero attached hydrogens (tertiary/aromatic N) is 4. The number of benzene rings is 8. The van der Waals surface area contributed by atoms with Crippen LogP contribution in [0.2, 0.25) is 0 Å². The molecule has 0 amide bonds. The Morgan fingerprint density at radius 3 is 1.06 bits per heavy atom. The minimum atomic E-state index is -0.609. The summed E-state index contributed by atoms with van der Waals surface area (Å²) in [7, 11) is 0. The van der Waals surface area contributed by atoms with Crippen molar-refractivity contribution >= 4 is 47.4 Å². The molecule has 0 bridgehead atoms. The second-order valence-electron chi connectivity index (χ2n) is 16.6. The Morgan fingerprint density at radius 1 is 0.400 bits per heavy atom. The number of rotatable bonds is 7. The van der Waals surface area contributed by atoms with Gasteiger partial charge in [-0.2, -0.15) is 9.97 Å². The van der Waals surface area contributed by atoms with Crippen molar-refractivity contribution in [3.8, 4) is 0 Å². The van der Waals surface area contributed by atoms with E-state index in [0.29, 0.717) is 34.2 Å². The molecule has 12 rings (SSSR count). The van der Waals surface area contributed by atoms with E-state index in [0.717, 1.165) is 45.0 Å². The van der Waals surface area contributed by atoms with Gasteiger partial charge in [-0.15, -0.1) is 0 Å². The van der Waals surface area contributed by atoms with E-state index in [4.69, 9.17) is 18.8 Å². The van der Waals surface area contributed by atoms with Crippen molar-refractivity contribution in [1.29, 1.82) is 0 Å². The first-order chi connectivity index (χ1) is 32.1. The average Bonchev–Trinajstić information content (AvgIpc) is 3.92. The lowest BCUT2D eigenvalue weighted by atomic mass is 9.62. The molecule has 0 unspecified atom stereocenters. The molecule has 0 fully saturated rings. The van der Waals surface area contributed by atoms with Crippen LogP contribution < -0.4 is 20.6 Å². The molecule has 0 saturated carbocycles. The van der Waals surface area contributed by atoms with Gasteiger partial charge in [0.1, 0.15) is 10.8 Å². The highest BCUT2D eigenvalue weighted by Gasteiger charge is 2.48. The number of hydrogen-bond donors (Lipinski definition) is 0. The Hall–Kier alpha value is -8.48. The minimum absolute atomic E-state index is 0.408. The van der Waals surface area contributed by atoms with Crippen molar-refractivity contribution in [2.24, 2.45) is 0 Å². The number of hydrogen-bond acceptors (Lipinski definition) is 6. The normalized spacial score (nSPS) is 14.6. The van der Waals surface area contributed by atoms with E-state index in [1.54, 1.807) is 0 Å². The van der Waals surface area contributed by atoms with E-state index in [-0.39, 0.29) is 0 Å². The quantitative estimate of drug-likeness (QED) is 0.159. The van der Waals surface area contributed by atoms with Crippen LogP contribution in [0.25, 0.3) is 12.7 Å². The molecule has 2 aliphatic rings. The lowest BCUT2D eigenvalue weighted by molar-refractivity contribution is 0.531. The van der Waals surface area contributed by atoms with E-state index in [2.05, 4.69) is 235 Å². The van der Waals surface area contributed by atoms with E-state index < -0.39 is 10.8 Å². The number of oxazole rings is 2. The fourth-order valence-corrected chi connectivity index (χ4v) is 10.5. The average molecular weight is 839 g/mol. The number of para-hydroxylation sites is 4. The van der Waals surface area contributed by atoms with Crippen molar-refractivity contribution in [2.45, 2.75) is 17.8 Å². The van der Waals surface area contributed by atoms with Crippen LogP contribution >= 0.6 is 0 Å². The van der Waals surface area contributed by atoms with Gasteiger partial charge >= 0.3 is 12.0 Å². The second-order valence-corrected chi connectivity index (χ2v) is 16.6. The Morgan fingerprint density at radius 2 is 0.708 bits per heavy atom. The summed E-state index contributed by atoms with van der Waals surface area (Å²) in [5, 5.41) is 0.551. The van der Waals surface area contributed by atoms with Crippen LogP contribution in [0.1, 0.15) is 56.0 Å². The van der Waals surface area contributed by atoms with Gasteiger partial charge in [0, 0.05) is 6.08 Å². The highest BCUT2D eigenvalue weighted by Crippen LogP contribution is 2.59. The number of fused-ring (bicyclic) bond motifs is 4. The maximum Gasteiger partial charge on any atom is 0.307 e. The smallest absolute Gasteiger partial charge is 0.307 e. The van der Waals surface area contributed by atoms with Crippen LogP contribution in [0.5, 0.6) is 0 Å². The van der Waals surface area contributed by atoms with Crippen molar-refractivity contribution in [1.82, 2.24) is 9.97 Å². The molecule has 10 aromatic rings. The highest BCUT2D eigenvalue weighted by atomic mass is 16.4. The molecule has 0 atom stereocenters. The summed E-state index contributed by atoms with van der Waals surface area (Å²) < 4.78 is 13.4. The molecular weight excluding hydrogens is 797 g/mol. The molecule has 65 heavy (non-hydrogen) atoms. The van der Waals surface area contributed by atoms with Crippen molar-refractivity contribution in [2.75, 3.05) is 9.80 Å². The summed E-state index contributed by atoms with van der Waals surface area (Å²) in [5.41, 5.74) is 13.0. The lowest BCUT2D eigenvalue weighted by Crippen LogP contribution is -2.37. The summed E-state index contributed by atoms with van der Waals surface area (Å²) in [6.45, 7) is 6.33. The van der Waals surface area contributed by atoms with Crippen LogP contribution in [-0.4, -0.2) is 9.97 Å². The monoisotopic (exact) mass is 838 g/mol. The van der Waals surface area contributed by atoms with Gasteiger partial charge in [-0.05, 0) is 75.7 Å². The summed E-state index contributed by atoms with van der Waals surface area (Å²) in [6.07, 6.45) is 1.89. The van der Waals surface area contributed by atoms with Gasteiger partial charge in [0.15, 0.2) is 5.76 Å². The van der Waals surface area contributed by atoms with Crippen molar-refractivity contribution in [3.63, 3.8) is 0 Å². The number of aromatic nitrogens is 2. The summed E-state index contributed by atoms with van der Waals surface area (Å²) in [6, 6.07) is 78.2. The van der Waals surface area contributed by atoms with Crippen LogP contribution in [0.15, 0.2) is 227 Å². The van der Waals surface area contributed by atoms with Gasteiger partial charge in [-0.3, -0.25) is 9.80 Å². The zero-order valence-electron chi connectivity index (χ0n) is 35.7. The molecule has 6 heteroatoms. The molecule has 6 nitrogen and oxygen atoms in total. The van der Waals surface area contributed by atoms with Gasteiger partial charge in [0.25, 0.3) is 0 Å². The van der Waals surface area contributed by atoms with E-state index in [1.165, 1.54) is 22.3 Å². The van der Waals surface area contributed by atoms with Gasteiger partial charge in [0.2, 0.25) is 0 Å². The van der Waals surface area contributed by atoms with Crippen LogP contribution in [0.3, 0.4) is 0 Å². The maximum atomic E-state index is 6.83. The Balaban J connectivity index is 0.997. The SMILES string of the molecule is C=c1oc(N2c3ccccc3C(c3ccccc3)(c3ccccc3)c3ccccc32)n/c1=C/c1oc(N2c3ccccc3C(c3ccccc3)(c3ccccc3)c3ccccc32)nc1C. The van der Waals surface area contributed by atoms with Gasteiger partial charge in [-0.25, -0.2) is 0 Å². The molecule has 0 aliphatic carbocycles. The van der Waals surface area contributed by atoms with Crippen LogP contribution in [-0.2, 0) is 10.8 Å². The van der Waals surface area contributed by atoms with Gasteiger partial charge in [-0.1, -0.05) is 201 Å². The topological polar surface area (TPSA) is 58.5 Å². The van der Waals surface area contributed by atoms with Gasteiger partial charge in [0.05, 0.1) is 39.3 Å². The first kappa shape index (κ1) is 38.2.